The number of nitrogens with one attached hydrogen (secondary N) is 2. The number of thiophene rings is 1. The number of ether oxygens (including phenoxy) is 6. The summed E-state index contributed by atoms with van der Waals surface area (Å²) in [5, 5.41) is 41.2. The second-order valence-electron chi connectivity index (χ2n) is 34.6. The average molecular weight is 2070 g/mol. The third-order valence-corrected chi connectivity index (χ3v) is 26.8. The Morgan fingerprint density at radius 1 is 0.607 bits per heavy atom. The Balaban J connectivity index is 0.000000152. The van der Waals surface area contributed by atoms with Crippen LogP contribution in [0.4, 0.5) is 26.3 Å². The van der Waals surface area contributed by atoms with E-state index in [1.807, 2.05) is 165 Å². The topological polar surface area (TPSA) is 366 Å². The molecule has 0 spiro atoms. The molecule has 0 aliphatic heterocycles. The van der Waals surface area contributed by atoms with Gasteiger partial charge in [0, 0.05) is 100 Å². The quantitative estimate of drug-likeness (QED) is 0.0236. The summed E-state index contributed by atoms with van der Waals surface area (Å²) in [6, 6.07) is 62.0. The van der Waals surface area contributed by atoms with E-state index in [1.165, 1.54) is 112 Å². The Labute approximate surface area is 848 Å². The van der Waals surface area contributed by atoms with Crippen LogP contribution in [0, 0.1) is 17.5 Å². The van der Waals surface area contributed by atoms with E-state index >= 15 is 0 Å². The van der Waals surface area contributed by atoms with Crippen LogP contribution >= 0.6 is 34.7 Å². The lowest BCUT2D eigenvalue weighted by molar-refractivity contribution is -0.132. The van der Waals surface area contributed by atoms with Crippen molar-refractivity contribution in [3.63, 3.8) is 0 Å². The van der Waals surface area contributed by atoms with Gasteiger partial charge in [-0.15, -0.1) is 0 Å². The van der Waals surface area contributed by atoms with Crippen molar-refractivity contribution < 1.29 is 100 Å². The number of aliphatic hydroxyl groups is 1. The molecule has 0 saturated heterocycles. The number of hydrogen-bond donors (Lipinski definition) is 3. The SMILES string of the molecule is CC(C)(C)c1noc(COc2ccc(C(=O)c3ccc(F)cc3)cc2)n1.CCOc1cc(CN(C(=O)CCc2nc(-c3ccsc3)no2)C2CC2)ccc1OC(C)F.CCSC1CCCCC1NCc1nc(-c2ccc(OC(F)F)c(OC)c2)no1.CCc1noc(CS(=O)(=O)C(c2ccc(F)cc2)c2ccc(F)cc2)n1.OC(CNC(Cc1ccccc1)c1nc(-c2ccccc2)no1)COCc1ccccc1Cl. The maximum atomic E-state index is 13.3. The molecule has 6 aromatic heterocycles. The minimum Gasteiger partial charge on any atom is -0.493 e. The number of sulfone groups is 1. The number of ketones is 1. The molecule has 1 amide bonds. The number of methoxy groups -OCH3 is 1. The maximum Gasteiger partial charge on any atom is 0.387 e. The molecule has 145 heavy (non-hydrogen) atoms. The number of carbonyl (C=O) groups excluding carboxylic acids is 2. The molecule has 3 N–H and O–H groups in total. The van der Waals surface area contributed by atoms with Crippen LogP contribution in [-0.2, 0) is 76.1 Å². The molecule has 9 aromatic carbocycles. The van der Waals surface area contributed by atoms with Crippen molar-refractivity contribution in [1.29, 1.82) is 0 Å². The second kappa shape index (κ2) is 53.9. The van der Waals surface area contributed by atoms with Crippen molar-refractivity contribution in [2.24, 2.45) is 0 Å². The van der Waals surface area contributed by atoms with E-state index in [-0.39, 0.29) is 65.6 Å². The van der Waals surface area contributed by atoms with Gasteiger partial charge < -0.3 is 71.7 Å². The van der Waals surface area contributed by atoms with Crippen LogP contribution in [0.15, 0.2) is 258 Å². The molecule has 2 fully saturated rings. The minimum atomic E-state index is -3.84. The lowest BCUT2D eigenvalue weighted by Crippen LogP contribution is -2.40. The fraction of sp³-hybridized carbons (Fsp3) is 0.340. The summed E-state index contributed by atoms with van der Waals surface area (Å²) in [5.41, 5.74) is 6.80. The fourth-order valence-corrected chi connectivity index (χ4v) is 18.9. The number of alkyl halides is 3. The van der Waals surface area contributed by atoms with E-state index in [1.54, 1.807) is 53.8 Å². The Kier molecular flexibility index (Phi) is 40.5. The molecule has 5 unspecified atom stereocenters. The molecule has 5 atom stereocenters. The Bertz CT molecular complexity index is 6580. The van der Waals surface area contributed by atoms with Crippen molar-refractivity contribution in [2.45, 2.75) is 198 Å². The third kappa shape index (κ3) is 33.3. The third-order valence-electron chi connectivity index (χ3n) is 22.5. The molecular formula is C106H112ClF6N13O16S3. The van der Waals surface area contributed by atoms with Crippen molar-refractivity contribution in [1.82, 2.24) is 66.2 Å². The van der Waals surface area contributed by atoms with Crippen LogP contribution < -0.4 is 34.3 Å². The van der Waals surface area contributed by atoms with Gasteiger partial charge in [0.05, 0.1) is 45.6 Å². The van der Waals surface area contributed by atoms with Crippen LogP contribution in [0.3, 0.4) is 0 Å². The molecule has 0 bridgehead atoms. The number of thioether (sulfide) groups is 1. The zero-order valence-corrected chi connectivity index (χ0v) is 84.1. The zero-order valence-electron chi connectivity index (χ0n) is 80.9. The van der Waals surface area contributed by atoms with Crippen LogP contribution in [-0.4, -0.2) is 150 Å². The van der Waals surface area contributed by atoms with E-state index < -0.39 is 51.5 Å². The van der Waals surface area contributed by atoms with Gasteiger partial charge in [0.25, 0.3) is 5.89 Å². The summed E-state index contributed by atoms with van der Waals surface area (Å²) in [4.78, 5) is 49.0. The number of hydrogen-bond acceptors (Lipinski definition) is 30. The Morgan fingerprint density at radius 3 is 1.85 bits per heavy atom. The van der Waals surface area contributed by atoms with Gasteiger partial charge in [-0.25, -0.2) is 26.0 Å². The zero-order chi connectivity index (χ0) is 103. The lowest BCUT2D eigenvalue weighted by Gasteiger charge is -2.31. The predicted octanol–water partition coefficient (Wildman–Crippen LogP) is 22.3. The standard InChI is InChI=1S/C26H26ClN3O3.C23H26FN3O4S.C20H19FN2O3.C19H25F2N3O3S.C18H16F2N2O3S/c27-23-14-8-7-13-21(23)17-32-18-22(31)16-28-24(15-19-9-3-1-4-10-19)26-29-25(30-33-26)20-11-5-2-6-12-20;1-3-29-20-12-16(4-7-19(20)30-15(2)24)13-27(18-5-6-18)22(28)9-8-21-25-23(26-31-21)17-10-11-32-14-17;1-20(2,3)19-22-17(26-23-19)12-25-16-10-6-14(7-11-16)18(24)13-4-8-15(21)9-5-13;1-3-28-16-7-5-4-6-13(16)22-11-17-23-18(24-27-17)12-8-9-14(26-19(20)21)15(10-12)25-2;1-2-16-21-17(25-22-16)11-26(23,24)18(12-3-7-14(19)8-4-12)13-5-9-15(20)10-6-13/h1-14,22,24,28,31H,15-18H2;4,7,10-12,14-15,18H,3,5-6,8-9,13H2,1-2H3;4-11H,12H2,1-3H3;8-10,13,16,19,22H,3-7,11H2,1-2H3;3-10,18H,2,11H2,1H3. The average Bonchev–Trinajstić information content (AvgIpc) is 1.53. The predicted molar refractivity (Wildman–Crippen MR) is 535 cm³/mol. The summed E-state index contributed by atoms with van der Waals surface area (Å²) < 4.78 is 162. The number of halogens is 7. The maximum absolute atomic E-state index is 13.3. The molecule has 29 nitrogen and oxygen atoms in total. The monoisotopic (exact) mass is 2070 g/mol. The minimum absolute atomic E-state index is 0.0175. The molecule has 764 valence electrons. The van der Waals surface area contributed by atoms with E-state index in [0.29, 0.717) is 173 Å². The number of nitrogens with zero attached hydrogens (tertiary/aromatic N) is 11. The number of benzene rings is 9. The second-order valence-corrected chi connectivity index (χ2v) is 39.4. The molecule has 0 radical (unpaired) electrons. The summed E-state index contributed by atoms with van der Waals surface area (Å²) in [5.74, 6) is 5.01. The summed E-state index contributed by atoms with van der Waals surface area (Å²) >= 11 is 9.72. The van der Waals surface area contributed by atoms with Crippen LogP contribution in [0.2, 0.25) is 5.02 Å². The van der Waals surface area contributed by atoms with Crippen molar-refractivity contribution >= 4 is 56.2 Å². The molecule has 2 saturated carbocycles. The number of carbonyl (C=O) groups is 2. The van der Waals surface area contributed by atoms with Crippen molar-refractivity contribution in [3.8, 4) is 62.9 Å². The highest BCUT2D eigenvalue weighted by molar-refractivity contribution is 7.99. The number of aryl methyl sites for hydroxylation is 2. The van der Waals surface area contributed by atoms with Gasteiger partial charge in [-0.1, -0.05) is 194 Å². The Morgan fingerprint density at radius 2 is 1.22 bits per heavy atom. The van der Waals surface area contributed by atoms with Crippen molar-refractivity contribution in [3.05, 3.63) is 338 Å². The highest BCUT2D eigenvalue weighted by Crippen LogP contribution is 2.39. The highest BCUT2D eigenvalue weighted by atomic mass is 35.5. The van der Waals surface area contributed by atoms with Gasteiger partial charge in [0.15, 0.2) is 56.9 Å². The van der Waals surface area contributed by atoms with Crippen molar-refractivity contribution in [2.75, 3.05) is 32.6 Å². The van der Waals surface area contributed by atoms with Crippen LogP contribution in [0.5, 0.6) is 28.7 Å². The molecule has 6 heterocycles. The van der Waals surface area contributed by atoms with Gasteiger partial charge in [-0.05, 0) is 193 Å². The molecule has 2 aliphatic rings. The first kappa shape index (κ1) is 109. The fourth-order valence-electron chi connectivity index (χ4n) is 15.1. The molecule has 17 rings (SSSR count). The number of amides is 1. The summed E-state index contributed by atoms with van der Waals surface area (Å²) in [6.07, 6.45) is 6.60. The number of rotatable bonds is 42. The first-order valence-corrected chi connectivity index (χ1v) is 51.2. The number of aliphatic hydroxyl groups excluding tert-OH is 1. The van der Waals surface area contributed by atoms with Crippen LogP contribution in [0.25, 0.3) is 34.2 Å². The van der Waals surface area contributed by atoms with E-state index in [0.717, 1.165) is 52.8 Å². The molecule has 39 heteroatoms. The largest absolute Gasteiger partial charge is 0.493 e. The smallest absolute Gasteiger partial charge is 0.387 e. The molecular weight excluding hydrogens is 1960 g/mol. The Hall–Kier alpha value is -13.5. The molecule has 2 aliphatic carbocycles. The normalized spacial score (nSPS) is 14.1. The van der Waals surface area contributed by atoms with E-state index in [2.05, 4.69) is 73.0 Å². The van der Waals surface area contributed by atoms with Crippen LogP contribution in [0.1, 0.15) is 190 Å². The van der Waals surface area contributed by atoms with Gasteiger partial charge in [0.1, 0.15) is 34.2 Å². The lowest BCUT2D eigenvalue weighted by atomic mass is 9.95. The van der Waals surface area contributed by atoms with E-state index in [4.69, 9.17) is 57.9 Å². The van der Waals surface area contributed by atoms with Gasteiger partial charge in [-0.2, -0.15) is 56.8 Å². The first-order valence-electron chi connectivity index (χ1n) is 47.1. The highest BCUT2D eigenvalue weighted by Gasteiger charge is 2.35. The number of aromatic nitrogens is 10. The van der Waals surface area contributed by atoms with Gasteiger partial charge in [0.2, 0.25) is 53.3 Å². The summed E-state index contributed by atoms with van der Waals surface area (Å²) in [6.45, 7) is 12.6. The van der Waals surface area contributed by atoms with Gasteiger partial charge >= 0.3 is 6.61 Å². The summed E-state index contributed by atoms with van der Waals surface area (Å²) in [7, 11) is -2.46. The van der Waals surface area contributed by atoms with Gasteiger partial charge in [-0.3, -0.25) is 9.59 Å². The van der Waals surface area contributed by atoms with E-state index in [9.17, 15) is 49.5 Å². The molecule has 15 aromatic rings. The first-order chi connectivity index (χ1) is 70.0.